The Morgan fingerprint density at radius 2 is 1.69 bits per heavy atom. The molecule has 0 bridgehead atoms. The second-order valence-corrected chi connectivity index (χ2v) is 8.92. The molecule has 0 fully saturated rings. The minimum atomic E-state index is -1.09. The van der Waals surface area contributed by atoms with Gasteiger partial charge in [-0.3, -0.25) is 4.79 Å². The first-order valence-corrected chi connectivity index (χ1v) is 11.8. The van der Waals surface area contributed by atoms with Gasteiger partial charge in [-0.05, 0) is 44.4 Å². The van der Waals surface area contributed by atoms with Gasteiger partial charge in [0.25, 0.3) is 0 Å². The number of furan rings is 1. The van der Waals surface area contributed by atoms with Crippen LogP contribution in [0, 0.1) is 20.8 Å². The monoisotopic (exact) mass is 475 g/mol. The summed E-state index contributed by atoms with van der Waals surface area (Å²) in [6, 6.07) is 10.9. The first-order chi connectivity index (χ1) is 16.7. The van der Waals surface area contributed by atoms with Crippen molar-refractivity contribution in [3.05, 3.63) is 69.3 Å². The standard InChI is InChI=1S/C28H29NO6/c1-5-6-12-22(27(31)32)29-23(30)14-20-15(2)19-13-21-24(18-10-8-7-9-11-18)17(4)34-26(21)16(3)25(19)35-28(20)33/h7-11,13,22H,5-6,12,14H2,1-4H3,(H,29,30)(H,31,32)/t22-/m0/s1. The summed E-state index contributed by atoms with van der Waals surface area (Å²) in [5.41, 5.74) is 4.01. The van der Waals surface area contributed by atoms with Crippen molar-refractivity contribution < 1.29 is 23.5 Å². The summed E-state index contributed by atoms with van der Waals surface area (Å²) in [5, 5.41) is 13.6. The van der Waals surface area contributed by atoms with Gasteiger partial charge in [0, 0.05) is 21.9 Å². The number of benzene rings is 2. The molecule has 4 rings (SSSR count). The Morgan fingerprint density at radius 1 is 1.00 bits per heavy atom. The van der Waals surface area contributed by atoms with E-state index in [4.69, 9.17) is 8.83 Å². The van der Waals surface area contributed by atoms with E-state index >= 15 is 0 Å². The second-order valence-electron chi connectivity index (χ2n) is 8.92. The van der Waals surface area contributed by atoms with Crippen LogP contribution in [0.3, 0.4) is 0 Å². The molecule has 2 aromatic carbocycles. The summed E-state index contributed by atoms with van der Waals surface area (Å²) < 4.78 is 11.8. The van der Waals surface area contributed by atoms with E-state index in [2.05, 4.69) is 5.32 Å². The number of nitrogens with one attached hydrogen (secondary N) is 1. The number of carboxylic acids is 1. The Bertz CT molecular complexity index is 1480. The van der Waals surface area contributed by atoms with Crippen molar-refractivity contribution in [1.82, 2.24) is 5.32 Å². The molecule has 182 valence electrons. The number of carboxylic acid groups (broad SMARTS) is 1. The van der Waals surface area contributed by atoms with Crippen molar-refractivity contribution in [3.8, 4) is 11.1 Å². The highest BCUT2D eigenvalue weighted by Gasteiger charge is 2.24. The van der Waals surface area contributed by atoms with Crippen LogP contribution in [0.5, 0.6) is 0 Å². The van der Waals surface area contributed by atoms with E-state index < -0.39 is 23.5 Å². The van der Waals surface area contributed by atoms with E-state index in [-0.39, 0.29) is 12.0 Å². The Morgan fingerprint density at radius 3 is 2.34 bits per heavy atom. The Labute approximate surface area is 202 Å². The molecule has 7 nitrogen and oxygen atoms in total. The zero-order chi connectivity index (χ0) is 25.3. The Balaban J connectivity index is 1.79. The minimum Gasteiger partial charge on any atom is -0.480 e. The lowest BCUT2D eigenvalue weighted by molar-refractivity contribution is -0.142. The van der Waals surface area contributed by atoms with Gasteiger partial charge in [-0.1, -0.05) is 50.1 Å². The number of rotatable bonds is 8. The molecule has 0 spiro atoms. The maximum absolute atomic E-state index is 12.9. The van der Waals surface area contributed by atoms with Crippen LogP contribution in [0.1, 0.15) is 48.6 Å². The molecule has 0 saturated heterocycles. The molecular weight excluding hydrogens is 446 g/mol. The molecule has 4 aromatic rings. The van der Waals surface area contributed by atoms with E-state index in [0.717, 1.165) is 34.1 Å². The zero-order valence-electron chi connectivity index (χ0n) is 20.4. The minimum absolute atomic E-state index is 0.217. The number of aliphatic carboxylic acids is 1. The highest BCUT2D eigenvalue weighted by atomic mass is 16.4. The normalized spacial score (nSPS) is 12.2. The molecule has 0 saturated carbocycles. The summed E-state index contributed by atoms with van der Waals surface area (Å²) in [5.74, 6) is -0.850. The predicted octanol–water partition coefficient (Wildman–Crippen LogP) is 5.43. The molecule has 2 N–H and O–H groups in total. The number of carbonyl (C=O) groups is 2. The quantitative estimate of drug-likeness (QED) is 0.329. The maximum Gasteiger partial charge on any atom is 0.340 e. The molecular formula is C28H29NO6. The number of fused-ring (bicyclic) bond motifs is 2. The molecule has 0 aliphatic heterocycles. The van der Waals surface area contributed by atoms with Crippen molar-refractivity contribution in [3.63, 3.8) is 0 Å². The van der Waals surface area contributed by atoms with Crippen LogP contribution in [-0.4, -0.2) is 23.0 Å². The molecule has 7 heteroatoms. The summed E-state index contributed by atoms with van der Waals surface area (Å²) in [4.78, 5) is 37.1. The van der Waals surface area contributed by atoms with Crippen LogP contribution in [0.25, 0.3) is 33.1 Å². The van der Waals surface area contributed by atoms with Crippen molar-refractivity contribution in [2.75, 3.05) is 0 Å². The van der Waals surface area contributed by atoms with Gasteiger partial charge in [-0.15, -0.1) is 0 Å². The Hall–Kier alpha value is -3.87. The topological polar surface area (TPSA) is 110 Å². The molecule has 2 aromatic heterocycles. The lowest BCUT2D eigenvalue weighted by atomic mass is 9.96. The van der Waals surface area contributed by atoms with Gasteiger partial charge >= 0.3 is 11.6 Å². The first kappa shape index (κ1) is 24.3. The van der Waals surface area contributed by atoms with Crippen molar-refractivity contribution in [1.29, 1.82) is 0 Å². The number of hydrogen-bond donors (Lipinski definition) is 2. The van der Waals surface area contributed by atoms with Gasteiger partial charge in [0.15, 0.2) is 0 Å². The fourth-order valence-electron chi connectivity index (χ4n) is 4.61. The lowest BCUT2D eigenvalue weighted by Crippen LogP contribution is -2.42. The Kier molecular flexibility index (Phi) is 6.78. The molecule has 1 atom stereocenters. The van der Waals surface area contributed by atoms with Gasteiger partial charge in [-0.25, -0.2) is 9.59 Å². The van der Waals surface area contributed by atoms with Crippen LogP contribution in [0.4, 0.5) is 0 Å². The first-order valence-electron chi connectivity index (χ1n) is 11.8. The molecule has 1 amide bonds. The fourth-order valence-corrected chi connectivity index (χ4v) is 4.61. The molecule has 0 unspecified atom stereocenters. The van der Waals surface area contributed by atoms with Gasteiger partial charge in [-0.2, -0.15) is 0 Å². The highest BCUT2D eigenvalue weighted by Crippen LogP contribution is 2.39. The van der Waals surface area contributed by atoms with E-state index in [1.807, 2.05) is 57.2 Å². The van der Waals surface area contributed by atoms with E-state index in [9.17, 15) is 19.5 Å². The van der Waals surface area contributed by atoms with Gasteiger partial charge in [0.1, 0.15) is 23.0 Å². The van der Waals surface area contributed by atoms with Crippen LogP contribution in [-0.2, 0) is 16.0 Å². The van der Waals surface area contributed by atoms with E-state index in [1.54, 1.807) is 6.92 Å². The van der Waals surface area contributed by atoms with Crippen LogP contribution in [0.2, 0.25) is 0 Å². The van der Waals surface area contributed by atoms with Crippen molar-refractivity contribution >= 4 is 33.8 Å². The SMILES string of the molecule is CCCC[C@H](NC(=O)Cc1c(C)c2cc3c(-c4ccccc4)c(C)oc3c(C)c2oc1=O)C(=O)O. The average molecular weight is 476 g/mol. The zero-order valence-corrected chi connectivity index (χ0v) is 20.4. The van der Waals surface area contributed by atoms with Gasteiger partial charge in [0.05, 0.1) is 12.0 Å². The number of carbonyl (C=O) groups excluding carboxylic acids is 1. The molecule has 2 heterocycles. The molecule has 0 aliphatic rings. The average Bonchev–Trinajstić information content (AvgIpc) is 3.17. The largest absolute Gasteiger partial charge is 0.480 e. The van der Waals surface area contributed by atoms with Crippen molar-refractivity contribution in [2.45, 2.75) is 59.4 Å². The third-order valence-electron chi connectivity index (χ3n) is 6.51. The number of unbranched alkanes of at least 4 members (excludes halogenated alkanes) is 1. The second kappa shape index (κ2) is 9.78. The summed E-state index contributed by atoms with van der Waals surface area (Å²) in [6.07, 6.45) is 1.58. The van der Waals surface area contributed by atoms with Crippen LogP contribution < -0.4 is 10.9 Å². The lowest BCUT2D eigenvalue weighted by Gasteiger charge is -2.15. The van der Waals surface area contributed by atoms with E-state index in [1.165, 1.54) is 0 Å². The molecule has 0 radical (unpaired) electrons. The van der Waals surface area contributed by atoms with Gasteiger partial charge < -0.3 is 19.3 Å². The molecule has 0 aliphatic carbocycles. The number of aryl methyl sites for hydroxylation is 3. The number of amides is 1. The predicted molar refractivity (Wildman–Crippen MR) is 135 cm³/mol. The maximum atomic E-state index is 12.9. The fraction of sp³-hybridized carbons (Fsp3) is 0.321. The van der Waals surface area contributed by atoms with Crippen LogP contribution >= 0.6 is 0 Å². The van der Waals surface area contributed by atoms with Crippen LogP contribution in [0.15, 0.2) is 50.0 Å². The third-order valence-corrected chi connectivity index (χ3v) is 6.51. The van der Waals surface area contributed by atoms with E-state index in [0.29, 0.717) is 35.1 Å². The smallest absolute Gasteiger partial charge is 0.340 e. The van der Waals surface area contributed by atoms with Crippen molar-refractivity contribution in [2.24, 2.45) is 0 Å². The third kappa shape index (κ3) is 4.58. The highest BCUT2D eigenvalue weighted by molar-refractivity contribution is 6.06. The summed E-state index contributed by atoms with van der Waals surface area (Å²) >= 11 is 0. The molecule has 35 heavy (non-hydrogen) atoms. The summed E-state index contributed by atoms with van der Waals surface area (Å²) in [7, 11) is 0. The summed E-state index contributed by atoms with van der Waals surface area (Å²) in [6.45, 7) is 7.49. The van der Waals surface area contributed by atoms with Gasteiger partial charge in [0.2, 0.25) is 5.91 Å². The number of hydrogen-bond acceptors (Lipinski definition) is 5.